The number of rotatable bonds is 18. The van der Waals surface area contributed by atoms with Crippen LogP contribution in [0.1, 0.15) is 123 Å². The van der Waals surface area contributed by atoms with Crippen molar-refractivity contribution in [1.29, 1.82) is 0 Å². The highest BCUT2D eigenvalue weighted by Crippen LogP contribution is 2.24. The quantitative estimate of drug-likeness (QED) is 0.288. The van der Waals surface area contributed by atoms with Gasteiger partial charge in [-0.15, -0.1) is 0 Å². The van der Waals surface area contributed by atoms with Crippen LogP contribution >= 0.6 is 0 Å². The lowest BCUT2D eigenvalue weighted by molar-refractivity contribution is 0.216. The average Bonchev–Trinajstić information content (AvgIpc) is 2.53. The van der Waals surface area contributed by atoms with Gasteiger partial charge in [-0.2, -0.15) is 0 Å². The van der Waals surface area contributed by atoms with Gasteiger partial charge in [0.25, 0.3) is 0 Å². The normalized spacial score (nSPS) is 12.0. The molecule has 0 heterocycles. The first kappa shape index (κ1) is 22.9. The highest BCUT2D eigenvalue weighted by Gasteiger charge is 2.23. The van der Waals surface area contributed by atoms with Crippen LogP contribution in [0, 0.1) is 0 Å². The Morgan fingerprint density at radius 2 is 0.913 bits per heavy atom. The maximum Gasteiger partial charge on any atom is 0.0448 e. The third-order valence-corrected chi connectivity index (χ3v) is 5.17. The minimum atomic E-state index is -0.110. The van der Waals surface area contributed by atoms with E-state index in [1.54, 1.807) is 0 Å². The molecule has 0 spiro atoms. The maximum absolute atomic E-state index is 9.32. The molecule has 0 aromatic carbocycles. The molecule has 0 aliphatic rings. The van der Waals surface area contributed by atoms with Crippen LogP contribution in [-0.4, -0.2) is 17.3 Å². The zero-order chi connectivity index (χ0) is 17.2. The predicted octanol–water partition coefficient (Wildman–Crippen LogP) is 6.35. The van der Waals surface area contributed by atoms with Crippen LogP contribution in [0.5, 0.6) is 0 Å². The minimum absolute atomic E-state index is 0.110. The van der Waals surface area contributed by atoms with Crippen molar-refractivity contribution >= 4 is 0 Å². The Hall–Kier alpha value is -0.0800. The largest absolute Gasteiger partial charge is 0.396 e. The summed E-state index contributed by atoms with van der Waals surface area (Å²) in [5, 5.41) is 9.32. The molecule has 2 heteroatoms. The Morgan fingerprint density at radius 3 is 1.26 bits per heavy atom. The topological polar surface area (TPSA) is 46.2 Å². The Bertz CT molecular complexity index is 212. The summed E-state index contributed by atoms with van der Waals surface area (Å²) in [5.41, 5.74) is 6.46. The van der Waals surface area contributed by atoms with Gasteiger partial charge in [-0.05, 0) is 19.3 Å². The van der Waals surface area contributed by atoms with Crippen molar-refractivity contribution in [1.82, 2.24) is 0 Å². The molecule has 140 valence electrons. The second-order valence-electron chi connectivity index (χ2n) is 7.58. The van der Waals surface area contributed by atoms with Crippen LogP contribution in [0.25, 0.3) is 0 Å². The van der Waals surface area contributed by atoms with Crippen LogP contribution in [0.3, 0.4) is 0 Å². The number of hydrogen-bond acceptors (Lipinski definition) is 2. The van der Waals surface area contributed by atoms with E-state index < -0.39 is 0 Å². The first-order chi connectivity index (χ1) is 11.2. The molecule has 0 aromatic heterocycles. The van der Waals surface area contributed by atoms with Crippen LogP contribution < -0.4 is 5.73 Å². The van der Waals surface area contributed by atoms with E-state index in [2.05, 4.69) is 13.8 Å². The van der Waals surface area contributed by atoms with Crippen molar-refractivity contribution in [2.45, 2.75) is 129 Å². The van der Waals surface area contributed by atoms with Crippen molar-refractivity contribution in [3.05, 3.63) is 0 Å². The van der Waals surface area contributed by atoms with Gasteiger partial charge in [-0.1, -0.05) is 104 Å². The SMILES string of the molecule is CCCCCCCCCC(N)(CCO)CCCCCCCCC. The molecule has 0 unspecified atom stereocenters. The molecular formula is C21H45NO. The van der Waals surface area contributed by atoms with E-state index >= 15 is 0 Å². The van der Waals surface area contributed by atoms with E-state index in [0.717, 1.165) is 19.3 Å². The molecule has 0 bridgehead atoms. The van der Waals surface area contributed by atoms with E-state index in [4.69, 9.17) is 5.73 Å². The molecule has 0 rings (SSSR count). The van der Waals surface area contributed by atoms with Crippen LogP contribution in [0.2, 0.25) is 0 Å². The number of nitrogens with two attached hydrogens (primary N) is 1. The molecule has 0 fully saturated rings. The molecule has 0 saturated heterocycles. The molecule has 0 aromatic rings. The van der Waals surface area contributed by atoms with Gasteiger partial charge in [-0.25, -0.2) is 0 Å². The van der Waals surface area contributed by atoms with E-state index in [-0.39, 0.29) is 12.1 Å². The summed E-state index contributed by atoms with van der Waals surface area (Å²) in [5.74, 6) is 0. The van der Waals surface area contributed by atoms with Crippen molar-refractivity contribution in [3.8, 4) is 0 Å². The Labute approximate surface area is 146 Å². The van der Waals surface area contributed by atoms with Crippen molar-refractivity contribution in [3.63, 3.8) is 0 Å². The van der Waals surface area contributed by atoms with Crippen LogP contribution in [-0.2, 0) is 0 Å². The molecular weight excluding hydrogens is 282 g/mol. The molecule has 0 aliphatic heterocycles. The average molecular weight is 328 g/mol. The number of aliphatic hydroxyl groups is 1. The minimum Gasteiger partial charge on any atom is -0.396 e. The van der Waals surface area contributed by atoms with E-state index in [0.29, 0.717) is 0 Å². The summed E-state index contributed by atoms with van der Waals surface area (Å²) in [7, 11) is 0. The Morgan fingerprint density at radius 1 is 0.565 bits per heavy atom. The van der Waals surface area contributed by atoms with Gasteiger partial charge in [0.15, 0.2) is 0 Å². The first-order valence-electron chi connectivity index (χ1n) is 10.6. The Kier molecular flexibility index (Phi) is 16.7. The lowest BCUT2D eigenvalue weighted by atomic mass is 9.84. The van der Waals surface area contributed by atoms with Gasteiger partial charge in [-0.3, -0.25) is 0 Å². The summed E-state index contributed by atoms with van der Waals surface area (Å²) in [6.45, 7) is 4.77. The van der Waals surface area contributed by atoms with Gasteiger partial charge in [0.05, 0.1) is 0 Å². The zero-order valence-electron chi connectivity index (χ0n) is 16.3. The first-order valence-corrected chi connectivity index (χ1v) is 10.6. The summed E-state index contributed by atoms with van der Waals surface area (Å²) in [4.78, 5) is 0. The smallest absolute Gasteiger partial charge is 0.0448 e. The molecule has 0 saturated carbocycles. The molecule has 0 aliphatic carbocycles. The van der Waals surface area contributed by atoms with Gasteiger partial charge in [0.1, 0.15) is 0 Å². The summed E-state index contributed by atoms with van der Waals surface area (Å²) >= 11 is 0. The van der Waals surface area contributed by atoms with Crippen LogP contribution in [0.15, 0.2) is 0 Å². The summed E-state index contributed by atoms with van der Waals surface area (Å²) in [6, 6.07) is 0. The fourth-order valence-electron chi connectivity index (χ4n) is 3.47. The van der Waals surface area contributed by atoms with Gasteiger partial charge in [0.2, 0.25) is 0 Å². The molecule has 23 heavy (non-hydrogen) atoms. The second kappa shape index (κ2) is 16.8. The lowest BCUT2D eigenvalue weighted by Crippen LogP contribution is -2.40. The molecule has 2 nitrogen and oxygen atoms in total. The van der Waals surface area contributed by atoms with E-state index in [9.17, 15) is 5.11 Å². The zero-order valence-corrected chi connectivity index (χ0v) is 16.3. The second-order valence-corrected chi connectivity index (χ2v) is 7.58. The third-order valence-electron chi connectivity index (χ3n) is 5.17. The van der Waals surface area contributed by atoms with Crippen molar-refractivity contribution in [2.24, 2.45) is 5.73 Å². The lowest BCUT2D eigenvalue weighted by Gasteiger charge is -2.29. The van der Waals surface area contributed by atoms with Crippen LogP contribution in [0.4, 0.5) is 0 Å². The standard InChI is InChI=1S/C21H45NO/c1-3-5-7-9-11-13-15-17-21(22,19-20-23)18-16-14-12-10-8-6-4-2/h23H,3-20,22H2,1-2H3. The van der Waals surface area contributed by atoms with Gasteiger partial charge in [0, 0.05) is 12.1 Å². The predicted molar refractivity (Wildman–Crippen MR) is 104 cm³/mol. The highest BCUT2D eigenvalue weighted by atomic mass is 16.3. The molecule has 0 atom stereocenters. The monoisotopic (exact) mass is 327 g/mol. The van der Waals surface area contributed by atoms with Crippen molar-refractivity contribution < 1.29 is 5.11 Å². The number of hydrogen-bond donors (Lipinski definition) is 2. The fourth-order valence-corrected chi connectivity index (χ4v) is 3.47. The summed E-state index contributed by atoms with van der Waals surface area (Å²) < 4.78 is 0. The summed E-state index contributed by atoms with van der Waals surface area (Å²) in [6.07, 6.45) is 21.7. The molecule has 3 N–H and O–H groups in total. The van der Waals surface area contributed by atoms with Crippen molar-refractivity contribution in [2.75, 3.05) is 6.61 Å². The molecule has 0 amide bonds. The maximum atomic E-state index is 9.32. The van der Waals surface area contributed by atoms with E-state index in [1.165, 1.54) is 89.9 Å². The van der Waals surface area contributed by atoms with Gasteiger partial charge < -0.3 is 10.8 Å². The Balaban J connectivity index is 3.69. The molecule has 0 radical (unpaired) electrons. The third kappa shape index (κ3) is 15.2. The van der Waals surface area contributed by atoms with E-state index in [1.807, 2.05) is 0 Å². The number of unbranched alkanes of at least 4 members (excludes halogenated alkanes) is 12. The fraction of sp³-hybridized carbons (Fsp3) is 1.00. The highest BCUT2D eigenvalue weighted by molar-refractivity contribution is 4.83. The number of aliphatic hydroxyl groups excluding tert-OH is 1. The van der Waals surface area contributed by atoms with Gasteiger partial charge >= 0.3 is 0 Å².